The van der Waals surface area contributed by atoms with Crippen LogP contribution in [0, 0.1) is 22.7 Å². The number of ketones is 1. The molecule has 0 aliphatic heterocycles. The topological polar surface area (TPSA) is 37.3 Å². The van der Waals surface area contributed by atoms with E-state index in [4.69, 9.17) is 0 Å². The average Bonchev–Trinajstić information content (AvgIpc) is 2.44. The first-order chi connectivity index (χ1) is 7.71. The van der Waals surface area contributed by atoms with Crippen LogP contribution in [0.3, 0.4) is 0 Å². The Labute approximate surface area is 103 Å². The Morgan fingerprint density at radius 3 is 2.53 bits per heavy atom. The summed E-state index contributed by atoms with van der Waals surface area (Å²) in [5.74, 6) is 0.667. The van der Waals surface area contributed by atoms with E-state index >= 15 is 0 Å². The zero-order valence-corrected chi connectivity index (χ0v) is 11.2. The first-order valence-electron chi connectivity index (χ1n) is 6.71. The fourth-order valence-electron chi connectivity index (χ4n) is 4.59. The summed E-state index contributed by atoms with van der Waals surface area (Å²) in [5.41, 5.74) is -0.260. The Hall–Kier alpha value is -0.630. The maximum absolute atomic E-state index is 12.4. The molecule has 0 spiro atoms. The summed E-state index contributed by atoms with van der Waals surface area (Å²) in [4.78, 5) is 12.4. The SMILES string of the molecule is CC1C(=O)C2=CC(C)(C)C[C@]2(O)[C@@]2(C)CCC12. The zero-order valence-electron chi connectivity index (χ0n) is 11.2. The van der Waals surface area contributed by atoms with E-state index < -0.39 is 5.60 Å². The second kappa shape index (κ2) is 2.85. The van der Waals surface area contributed by atoms with Crippen molar-refractivity contribution >= 4 is 5.78 Å². The van der Waals surface area contributed by atoms with Crippen molar-refractivity contribution in [2.24, 2.45) is 22.7 Å². The molecule has 3 aliphatic carbocycles. The molecular weight excluding hydrogens is 212 g/mol. The third-order valence-corrected chi connectivity index (χ3v) is 5.71. The standard InChI is InChI=1S/C15H22O2/c1-9-10-5-6-14(10,4)15(17)8-13(2,3)7-11(15)12(9)16/h7,9-10,17H,5-6,8H2,1-4H3/t9?,10?,14-,15+/m0/s1. The molecule has 2 nitrogen and oxygen atoms in total. The molecule has 0 aromatic rings. The Balaban J connectivity index is 2.15. The van der Waals surface area contributed by atoms with Crippen molar-refractivity contribution in [1.29, 1.82) is 0 Å². The highest BCUT2D eigenvalue weighted by Crippen LogP contribution is 2.67. The quantitative estimate of drug-likeness (QED) is 0.699. The largest absolute Gasteiger partial charge is 0.384 e. The van der Waals surface area contributed by atoms with Crippen molar-refractivity contribution in [3.05, 3.63) is 11.6 Å². The summed E-state index contributed by atoms with van der Waals surface area (Å²) in [6.07, 6.45) is 4.89. The van der Waals surface area contributed by atoms with E-state index in [1.165, 1.54) is 0 Å². The van der Waals surface area contributed by atoms with E-state index in [1.807, 2.05) is 13.0 Å². The maximum Gasteiger partial charge on any atom is 0.164 e. The summed E-state index contributed by atoms with van der Waals surface area (Å²) in [7, 11) is 0. The molecule has 0 bridgehead atoms. The van der Waals surface area contributed by atoms with Crippen molar-refractivity contribution in [1.82, 2.24) is 0 Å². The van der Waals surface area contributed by atoms with Gasteiger partial charge < -0.3 is 5.11 Å². The second-order valence-electron chi connectivity index (χ2n) is 7.30. The minimum absolute atomic E-state index is 0.0487. The number of hydrogen-bond acceptors (Lipinski definition) is 2. The molecule has 0 heterocycles. The van der Waals surface area contributed by atoms with Gasteiger partial charge in [0, 0.05) is 16.9 Å². The molecule has 1 N–H and O–H groups in total. The van der Waals surface area contributed by atoms with Gasteiger partial charge in [-0.2, -0.15) is 0 Å². The molecule has 2 unspecified atom stereocenters. The van der Waals surface area contributed by atoms with Gasteiger partial charge in [0.2, 0.25) is 0 Å². The fourth-order valence-corrected chi connectivity index (χ4v) is 4.59. The minimum Gasteiger partial charge on any atom is -0.384 e. The Morgan fingerprint density at radius 1 is 1.35 bits per heavy atom. The van der Waals surface area contributed by atoms with Gasteiger partial charge in [0.15, 0.2) is 5.78 Å². The minimum atomic E-state index is -0.858. The molecule has 4 atom stereocenters. The average molecular weight is 234 g/mol. The Morgan fingerprint density at radius 2 is 2.00 bits per heavy atom. The fraction of sp³-hybridized carbons (Fsp3) is 0.800. The van der Waals surface area contributed by atoms with E-state index in [0.717, 1.165) is 12.8 Å². The Kier molecular flexibility index (Phi) is 1.92. The third-order valence-electron chi connectivity index (χ3n) is 5.71. The lowest BCUT2D eigenvalue weighted by Crippen LogP contribution is -2.64. The first kappa shape index (κ1) is 11.5. The highest BCUT2D eigenvalue weighted by molar-refractivity contribution is 6.01. The van der Waals surface area contributed by atoms with Crippen LogP contribution < -0.4 is 0 Å². The maximum atomic E-state index is 12.4. The lowest BCUT2D eigenvalue weighted by molar-refractivity contribution is -0.179. The van der Waals surface area contributed by atoms with E-state index in [1.54, 1.807) is 0 Å². The van der Waals surface area contributed by atoms with Crippen LogP contribution in [-0.2, 0) is 4.79 Å². The number of aliphatic hydroxyl groups is 1. The first-order valence-corrected chi connectivity index (χ1v) is 6.71. The van der Waals surface area contributed by atoms with Crippen LogP contribution >= 0.6 is 0 Å². The lowest BCUT2D eigenvalue weighted by atomic mass is 9.44. The number of fused-ring (bicyclic) bond motifs is 3. The lowest BCUT2D eigenvalue weighted by Gasteiger charge is -2.61. The highest BCUT2D eigenvalue weighted by Gasteiger charge is 2.67. The molecule has 3 rings (SSSR count). The Bertz CT molecular complexity index is 434. The molecule has 2 heteroatoms. The molecule has 17 heavy (non-hydrogen) atoms. The van der Waals surface area contributed by atoms with Gasteiger partial charge in [0.25, 0.3) is 0 Å². The van der Waals surface area contributed by atoms with E-state index in [-0.39, 0.29) is 22.5 Å². The third kappa shape index (κ3) is 1.13. The molecule has 0 saturated heterocycles. The van der Waals surface area contributed by atoms with Crippen LogP contribution in [0.4, 0.5) is 0 Å². The summed E-state index contributed by atoms with van der Waals surface area (Å²) in [6.45, 7) is 8.45. The smallest absolute Gasteiger partial charge is 0.164 e. The van der Waals surface area contributed by atoms with E-state index in [2.05, 4.69) is 20.8 Å². The van der Waals surface area contributed by atoms with Crippen molar-refractivity contribution < 1.29 is 9.90 Å². The predicted molar refractivity (Wildman–Crippen MR) is 66.4 cm³/mol. The van der Waals surface area contributed by atoms with Gasteiger partial charge in [-0.15, -0.1) is 0 Å². The number of Topliss-reactive ketones (excluding diaryl/α,β-unsaturated/α-hetero) is 1. The zero-order chi connectivity index (χ0) is 12.6. The molecule has 0 aromatic carbocycles. The van der Waals surface area contributed by atoms with Crippen molar-refractivity contribution in [3.8, 4) is 0 Å². The predicted octanol–water partition coefficient (Wildman–Crippen LogP) is 2.71. The number of hydrogen-bond donors (Lipinski definition) is 1. The molecule has 0 aromatic heterocycles. The second-order valence-corrected chi connectivity index (χ2v) is 7.30. The number of allylic oxidation sites excluding steroid dienone is 1. The summed E-state index contributed by atoms with van der Waals surface area (Å²) < 4.78 is 0. The molecular formula is C15H22O2. The van der Waals surface area contributed by atoms with Crippen LogP contribution in [0.25, 0.3) is 0 Å². The molecule has 0 radical (unpaired) electrons. The molecule has 0 amide bonds. The van der Waals surface area contributed by atoms with E-state index in [9.17, 15) is 9.90 Å². The molecule has 2 fully saturated rings. The normalized spacial score (nSPS) is 51.4. The van der Waals surface area contributed by atoms with Gasteiger partial charge >= 0.3 is 0 Å². The van der Waals surface area contributed by atoms with Crippen LogP contribution in [-0.4, -0.2) is 16.5 Å². The van der Waals surface area contributed by atoms with Gasteiger partial charge in [-0.3, -0.25) is 4.79 Å². The summed E-state index contributed by atoms with van der Waals surface area (Å²) in [6, 6.07) is 0. The van der Waals surface area contributed by atoms with Crippen LogP contribution in [0.15, 0.2) is 11.6 Å². The van der Waals surface area contributed by atoms with Crippen LogP contribution in [0.1, 0.15) is 47.0 Å². The van der Waals surface area contributed by atoms with Gasteiger partial charge in [0.05, 0.1) is 5.60 Å². The number of rotatable bonds is 0. The number of carbonyl (C=O) groups is 1. The molecule has 2 saturated carbocycles. The van der Waals surface area contributed by atoms with Gasteiger partial charge in [-0.1, -0.05) is 33.8 Å². The highest BCUT2D eigenvalue weighted by atomic mass is 16.3. The van der Waals surface area contributed by atoms with Crippen molar-refractivity contribution in [2.75, 3.05) is 0 Å². The van der Waals surface area contributed by atoms with Crippen LogP contribution in [0.2, 0.25) is 0 Å². The van der Waals surface area contributed by atoms with Crippen molar-refractivity contribution in [2.45, 2.75) is 52.6 Å². The number of carbonyl (C=O) groups excluding carboxylic acids is 1. The molecule has 3 aliphatic rings. The molecule has 94 valence electrons. The summed E-state index contributed by atoms with van der Waals surface area (Å²) >= 11 is 0. The van der Waals surface area contributed by atoms with Gasteiger partial charge in [-0.05, 0) is 30.6 Å². The van der Waals surface area contributed by atoms with Gasteiger partial charge in [-0.25, -0.2) is 0 Å². The van der Waals surface area contributed by atoms with Gasteiger partial charge in [0.1, 0.15) is 0 Å². The van der Waals surface area contributed by atoms with E-state index in [0.29, 0.717) is 17.9 Å². The van der Waals surface area contributed by atoms with Crippen molar-refractivity contribution in [3.63, 3.8) is 0 Å². The monoisotopic (exact) mass is 234 g/mol. The van der Waals surface area contributed by atoms with Crippen LogP contribution in [0.5, 0.6) is 0 Å². The summed E-state index contributed by atoms with van der Waals surface area (Å²) in [5, 5.41) is 11.1.